The molecule has 0 aromatic rings. The van der Waals surface area contributed by atoms with E-state index in [2.05, 4.69) is 0 Å². The number of carbonyl (C=O) groups excluding carboxylic acids is 1. The molecule has 1 amide bonds. The summed E-state index contributed by atoms with van der Waals surface area (Å²) >= 11 is 0. The Labute approximate surface area is 108 Å². The van der Waals surface area contributed by atoms with Crippen LogP contribution in [-0.2, 0) is 14.9 Å². The second-order valence-corrected chi connectivity index (χ2v) is 6.31. The molecular weight excluding hydrogens is 258 g/mol. The van der Waals surface area contributed by atoms with Crippen molar-refractivity contribution in [3.05, 3.63) is 0 Å². The number of ether oxygens (including phenoxy) is 1. The van der Waals surface area contributed by atoms with Crippen LogP contribution in [0.25, 0.3) is 0 Å². The summed E-state index contributed by atoms with van der Waals surface area (Å²) in [6.45, 7) is 4.63. The summed E-state index contributed by atoms with van der Waals surface area (Å²) in [6.07, 6.45) is 0.141. The minimum Gasteiger partial charge on any atom is -0.446 e. The Bertz CT molecular complexity index is 375. The van der Waals surface area contributed by atoms with E-state index in [4.69, 9.17) is 10.5 Å². The largest absolute Gasteiger partial charge is 0.446 e. The van der Waals surface area contributed by atoms with E-state index in [0.717, 1.165) is 12.8 Å². The molecule has 1 rings (SSSR count). The van der Waals surface area contributed by atoms with Crippen LogP contribution in [0.15, 0.2) is 0 Å². The molecule has 3 N–H and O–H groups in total. The normalized spacial score (nSPS) is 18.9. The zero-order chi connectivity index (χ0) is 13.8. The van der Waals surface area contributed by atoms with E-state index in [0.29, 0.717) is 25.6 Å². The van der Waals surface area contributed by atoms with E-state index < -0.39 is 16.3 Å². The van der Waals surface area contributed by atoms with Gasteiger partial charge in [0.15, 0.2) is 0 Å². The third-order valence-corrected chi connectivity index (χ3v) is 4.27. The van der Waals surface area contributed by atoms with Crippen molar-refractivity contribution in [1.29, 1.82) is 0 Å². The molecule has 7 nitrogen and oxygen atoms in total. The van der Waals surface area contributed by atoms with Gasteiger partial charge in [0.1, 0.15) is 0 Å². The van der Waals surface area contributed by atoms with Crippen LogP contribution < -0.4 is 10.5 Å². The number of carbonyl (C=O) groups is 1. The summed E-state index contributed by atoms with van der Waals surface area (Å²) in [6, 6.07) is 0. The fourth-order valence-corrected chi connectivity index (χ4v) is 2.87. The maximum Gasteiger partial charge on any atom is 0.422 e. The number of amides is 1. The molecule has 0 saturated carbocycles. The Kier molecular flexibility index (Phi) is 5.36. The van der Waals surface area contributed by atoms with Crippen molar-refractivity contribution in [1.82, 2.24) is 9.03 Å². The molecule has 0 bridgehead atoms. The molecule has 0 radical (unpaired) electrons. The van der Waals surface area contributed by atoms with Gasteiger partial charge < -0.3 is 10.5 Å². The molecule has 18 heavy (non-hydrogen) atoms. The molecule has 1 saturated heterocycles. The summed E-state index contributed by atoms with van der Waals surface area (Å²) < 4.78 is 31.6. The first-order chi connectivity index (χ1) is 8.35. The molecule has 0 aliphatic carbocycles. The average Bonchev–Trinajstić information content (AvgIpc) is 2.27. The van der Waals surface area contributed by atoms with E-state index in [1.54, 1.807) is 13.8 Å². The molecule has 0 aromatic carbocycles. The Hall–Kier alpha value is -0.860. The first-order valence-corrected chi connectivity index (χ1v) is 7.47. The van der Waals surface area contributed by atoms with Crippen LogP contribution in [0.1, 0.15) is 26.7 Å². The smallest absolute Gasteiger partial charge is 0.422 e. The third kappa shape index (κ3) is 4.43. The standard InChI is InChI=1S/C10H21N3O4S/c1-8(2)17-10(14)12-18(15,16)13-5-3-9(7-11)4-6-13/h8-9H,3-7,11H2,1-2H3,(H,12,14). The van der Waals surface area contributed by atoms with Gasteiger partial charge in [-0.25, -0.2) is 9.52 Å². The van der Waals surface area contributed by atoms with Gasteiger partial charge in [-0.3, -0.25) is 0 Å². The van der Waals surface area contributed by atoms with E-state index in [1.165, 1.54) is 4.31 Å². The summed E-state index contributed by atoms with van der Waals surface area (Å²) in [4.78, 5) is 11.3. The topological polar surface area (TPSA) is 102 Å². The van der Waals surface area contributed by atoms with E-state index in [1.807, 2.05) is 4.72 Å². The van der Waals surface area contributed by atoms with Crippen molar-refractivity contribution in [3.63, 3.8) is 0 Å². The summed E-state index contributed by atoms with van der Waals surface area (Å²) in [5.74, 6) is 0.360. The minimum absolute atomic E-state index is 0.358. The predicted molar refractivity (Wildman–Crippen MR) is 67.0 cm³/mol. The SMILES string of the molecule is CC(C)OC(=O)NS(=O)(=O)N1CCC(CN)CC1. The van der Waals surface area contributed by atoms with Crippen molar-refractivity contribution < 1.29 is 17.9 Å². The second-order valence-electron chi connectivity index (χ2n) is 4.64. The highest BCUT2D eigenvalue weighted by molar-refractivity contribution is 7.87. The van der Waals surface area contributed by atoms with Crippen molar-refractivity contribution in [2.45, 2.75) is 32.8 Å². The van der Waals surface area contributed by atoms with Gasteiger partial charge >= 0.3 is 16.3 Å². The van der Waals surface area contributed by atoms with Crippen LogP contribution in [0, 0.1) is 5.92 Å². The fourth-order valence-electron chi connectivity index (χ4n) is 1.79. The van der Waals surface area contributed by atoms with Crippen LogP contribution in [0.2, 0.25) is 0 Å². The zero-order valence-electron chi connectivity index (χ0n) is 10.8. The zero-order valence-corrected chi connectivity index (χ0v) is 11.6. The van der Waals surface area contributed by atoms with Gasteiger partial charge in [0.25, 0.3) is 0 Å². The molecular formula is C10H21N3O4S. The number of hydrogen-bond acceptors (Lipinski definition) is 5. The average molecular weight is 279 g/mol. The lowest BCUT2D eigenvalue weighted by molar-refractivity contribution is 0.120. The monoisotopic (exact) mass is 279 g/mol. The Balaban J connectivity index is 2.52. The molecule has 106 valence electrons. The maximum absolute atomic E-state index is 11.9. The maximum atomic E-state index is 11.9. The van der Waals surface area contributed by atoms with Crippen molar-refractivity contribution in [3.8, 4) is 0 Å². The van der Waals surface area contributed by atoms with Crippen LogP contribution in [0.3, 0.4) is 0 Å². The van der Waals surface area contributed by atoms with Crippen LogP contribution in [0.4, 0.5) is 4.79 Å². The minimum atomic E-state index is -3.79. The number of piperidine rings is 1. The third-order valence-electron chi connectivity index (χ3n) is 2.80. The molecule has 1 fully saturated rings. The lowest BCUT2D eigenvalue weighted by Crippen LogP contribution is -2.47. The van der Waals surface area contributed by atoms with Gasteiger partial charge in [0, 0.05) is 13.1 Å². The van der Waals surface area contributed by atoms with Crippen molar-refractivity contribution in [2.24, 2.45) is 11.7 Å². The molecule has 0 spiro atoms. The van der Waals surface area contributed by atoms with Gasteiger partial charge in [-0.15, -0.1) is 0 Å². The molecule has 0 unspecified atom stereocenters. The summed E-state index contributed by atoms with van der Waals surface area (Å²) in [5, 5.41) is 0. The Morgan fingerprint density at radius 1 is 1.44 bits per heavy atom. The highest BCUT2D eigenvalue weighted by Gasteiger charge is 2.29. The summed E-state index contributed by atoms with van der Waals surface area (Å²) in [7, 11) is -3.79. The van der Waals surface area contributed by atoms with E-state index >= 15 is 0 Å². The number of rotatable bonds is 4. The summed E-state index contributed by atoms with van der Waals surface area (Å²) in [5.41, 5.74) is 5.54. The van der Waals surface area contributed by atoms with Gasteiger partial charge in [0.2, 0.25) is 0 Å². The second kappa shape index (κ2) is 6.35. The number of nitrogens with two attached hydrogens (primary N) is 1. The Morgan fingerprint density at radius 2 is 2.00 bits per heavy atom. The van der Waals surface area contributed by atoms with Gasteiger partial charge in [0.05, 0.1) is 6.10 Å². The first kappa shape index (κ1) is 15.2. The number of nitrogens with one attached hydrogen (secondary N) is 1. The molecule has 8 heteroatoms. The lowest BCUT2D eigenvalue weighted by atomic mass is 9.99. The fraction of sp³-hybridized carbons (Fsp3) is 0.900. The molecule has 1 aliphatic rings. The lowest BCUT2D eigenvalue weighted by Gasteiger charge is -2.30. The van der Waals surface area contributed by atoms with Gasteiger partial charge in [-0.2, -0.15) is 12.7 Å². The van der Waals surface area contributed by atoms with E-state index in [-0.39, 0.29) is 6.10 Å². The van der Waals surface area contributed by atoms with Crippen molar-refractivity contribution >= 4 is 16.3 Å². The molecule has 1 heterocycles. The highest BCUT2D eigenvalue weighted by atomic mass is 32.2. The van der Waals surface area contributed by atoms with Gasteiger partial charge in [-0.05, 0) is 39.2 Å². The quantitative estimate of drug-likeness (QED) is 0.756. The van der Waals surface area contributed by atoms with Crippen molar-refractivity contribution in [2.75, 3.05) is 19.6 Å². The highest BCUT2D eigenvalue weighted by Crippen LogP contribution is 2.17. The molecule has 1 aliphatic heterocycles. The molecule has 0 aromatic heterocycles. The number of hydrogen-bond donors (Lipinski definition) is 2. The van der Waals surface area contributed by atoms with E-state index in [9.17, 15) is 13.2 Å². The first-order valence-electron chi connectivity index (χ1n) is 6.03. The predicted octanol–water partition coefficient (Wildman–Crippen LogP) is 0.0365. The van der Waals surface area contributed by atoms with Crippen LogP contribution >= 0.6 is 0 Å². The Morgan fingerprint density at radius 3 is 2.44 bits per heavy atom. The van der Waals surface area contributed by atoms with Crippen LogP contribution in [-0.4, -0.2) is 44.6 Å². The van der Waals surface area contributed by atoms with Gasteiger partial charge in [-0.1, -0.05) is 0 Å². The molecule has 0 atom stereocenters. The number of nitrogens with zero attached hydrogens (tertiary/aromatic N) is 1. The van der Waals surface area contributed by atoms with Crippen LogP contribution in [0.5, 0.6) is 0 Å².